The van der Waals surface area contributed by atoms with Gasteiger partial charge in [-0.3, -0.25) is 4.79 Å². The summed E-state index contributed by atoms with van der Waals surface area (Å²) in [7, 11) is 0. The lowest BCUT2D eigenvalue weighted by Gasteiger charge is -2.10. The molecule has 0 saturated heterocycles. The Kier molecular flexibility index (Phi) is 5.17. The van der Waals surface area contributed by atoms with E-state index >= 15 is 0 Å². The second-order valence-electron chi connectivity index (χ2n) is 5.26. The van der Waals surface area contributed by atoms with Gasteiger partial charge in [-0.1, -0.05) is 25.1 Å². The van der Waals surface area contributed by atoms with Crippen LogP contribution in [0.2, 0.25) is 0 Å². The highest BCUT2D eigenvalue weighted by Crippen LogP contribution is 2.14. The van der Waals surface area contributed by atoms with E-state index in [0.717, 1.165) is 17.8 Å². The van der Waals surface area contributed by atoms with Gasteiger partial charge < -0.3 is 15.2 Å². The molecule has 112 valence electrons. The van der Waals surface area contributed by atoms with Crippen molar-refractivity contribution in [2.24, 2.45) is 0 Å². The number of amides is 1. The first-order valence-electron chi connectivity index (χ1n) is 7.34. The fourth-order valence-electron chi connectivity index (χ4n) is 2.31. The van der Waals surface area contributed by atoms with Crippen molar-refractivity contribution in [2.75, 3.05) is 11.9 Å². The summed E-state index contributed by atoms with van der Waals surface area (Å²) in [6.07, 6.45) is 3.96. The lowest BCUT2D eigenvalue weighted by molar-refractivity contribution is -0.116. The molecule has 0 aliphatic carbocycles. The summed E-state index contributed by atoms with van der Waals surface area (Å²) < 4.78 is 1.91. The highest BCUT2D eigenvalue weighted by molar-refractivity contribution is 5.91. The third-order valence-electron chi connectivity index (χ3n) is 3.53. The first kappa shape index (κ1) is 15.3. The molecule has 0 fully saturated rings. The van der Waals surface area contributed by atoms with Gasteiger partial charge in [-0.25, -0.2) is 0 Å². The molecule has 0 radical (unpaired) electrons. The number of benzene rings is 1. The van der Waals surface area contributed by atoms with Gasteiger partial charge in [-0.15, -0.1) is 0 Å². The number of carbonyl (C=O) groups excluding carboxylic acids is 1. The van der Waals surface area contributed by atoms with E-state index in [-0.39, 0.29) is 5.91 Å². The quantitative estimate of drug-likeness (QED) is 0.856. The molecule has 0 bridgehead atoms. The highest BCUT2D eigenvalue weighted by Gasteiger charge is 2.08. The summed E-state index contributed by atoms with van der Waals surface area (Å²) in [5, 5.41) is 6.31. The van der Waals surface area contributed by atoms with E-state index in [0.29, 0.717) is 12.6 Å². The molecule has 2 aromatic rings. The van der Waals surface area contributed by atoms with E-state index in [4.69, 9.17) is 0 Å². The Balaban J connectivity index is 1.96. The molecule has 0 aliphatic heterocycles. The number of aromatic nitrogens is 1. The second kappa shape index (κ2) is 7.09. The SMILES string of the molecule is CCNC(C)c1ccn(CC(=O)Nc2ccccc2C)c1. The number of carbonyl (C=O) groups is 1. The molecule has 1 unspecified atom stereocenters. The Morgan fingerprint density at radius 2 is 2.05 bits per heavy atom. The number of para-hydroxylation sites is 1. The van der Waals surface area contributed by atoms with Gasteiger partial charge in [-0.05, 0) is 43.7 Å². The van der Waals surface area contributed by atoms with Gasteiger partial charge in [0.05, 0.1) is 0 Å². The minimum atomic E-state index is -0.0115. The molecule has 0 aliphatic rings. The van der Waals surface area contributed by atoms with Crippen molar-refractivity contribution in [1.82, 2.24) is 9.88 Å². The lowest BCUT2D eigenvalue weighted by atomic mass is 10.2. The van der Waals surface area contributed by atoms with Gasteiger partial charge in [0.25, 0.3) is 0 Å². The fourth-order valence-corrected chi connectivity index (χ4v) is 2.31. The molecule has 1 atom stereocenters. The maximum Gasteiger partial charge on any atom is 0.244 e. The summed E-state index contributed by atoms with van der Waals surface area (Å²) >= 11 is 0. The Hall–Kier alpha value is -2.07. The third kappa shape index (κ3) is 4.20. The van der Waals surface area contributed by atoms with E-state index in [1.165, 1.54) is 5.56 Å². The van der Waals surface area contributed by atoms with Crippen LogP contribution in [0.5, 0.6) is 0 Å². The van der Waals surface area contributed by atoms with Crippen molar-refractivity contribution in [3.63, 3.8) is 0 Å². The summed E-state index contributed by atoms with van der Waals surface area (Å²) in [5.41, 5.74) is 3.14. The molecule has 0 spiro atoms. The van der Waals surface area contributed by atoms with Crippen LogP contribution in [0.15, 0.2) is 42.7 Å². The van der Waals surface area contributed by atoms with Crippen molar-refractivity contribution in [3.05, 3.63) is 53.9 Å². The van der Waals surface area contributed by atoms with Gasteiger partial charge in [-0.2, -0.15) is 0 Å². The highest BCUT2D eigenvalue weighted by atomic mass is 16.1. The van der Waals surface area contributed by atoms with E-state index in [2.05, 4.69) is 24.5 Å². The molecule has 1 amide bonds. The van der Waals surface area contributed by atoms with Crippen LogP contribution in [0.4, 0.5) is 5.69 Å². The zero-order valence-electron chi connectivity index (χ0n) is 12.9. The molecule has 21 heavy (non-hydrogen) atoms. The van der Waals surface area contributed by atoms with Crippen LogP contribution in [-0.4, -0.2) is 17.0 Å². The van der Waals surface area contributed by atoms with Crippen LogP contribution < -0.4 is 10.6 Å². The molecule has 4 heteroatoms. The summed E-state index contributed by atoms with van der Waals surface area (Å²) in [6.45, 7) is 7.45. The molecule has 4 nitrogen and oxygen atoms in total. The smallest absolute Gasteiger partial charge is 0.244 e. The first-order valence-corrected chi connectivity index (χ1v) is 7.34. The number of hydrogen-bond acceptors (Lipinski definition) is 2. The van der Waals surface area contributed by atoms with Crippen LogP contribution in [-0.2, 0) is 11.3 Å². The number of aryl methyl sites for hydroxylation is 1. The number of rotatable bonds is 6. The van der Waals surface area contributed by atoms with Gasteiger partial charge in [0.1, 0.15) is 6.54 Å². The minimum Gasteiger partial charge on any atom is -0.345 e. The standard InChI is InChI=1S/C17H23N3O/c1-4-18-14(3)15-9-10-20(11-15)12-17(21)19-16-8-6-5-7-13(16)2/h5-11,14,18H,4,12H2,1-3H3,(H,19,21). The molecule has 1 aromatic heterocycles. The molecule has 1 aromatic carbocycles. The van der Waals surface area contributed by atoms with Gasteiger partial charge in [0, 0.05) is 24.1 Å². The topological polar surface area (TPSA) is 46.1 Å². The van der Waals surface area contributed by atoms with E-state index in [1.807, 2.05) is 54.2 Å². The summed E-state index contributed by atoms with van der Waals surface area (Å²) in [5.74, 6) is -0.0115. The maximum absolute atomic E-state index is 12.1. The monoisotopic (exact) mass is 285 g/mol. The van der Waals surface area contributed by atoms with Crippen LogP contribution in [0.3, 0.4) is 0 Å². The molecule has 0 saturated carbocycles. The normalized spacial score (nSPS) is 12.1. The first-order chi connectivity index (χ1) is 10.1. The van der Waals surface area contributed by atoms with E-state index in [1.54, 1.807) is 0 Å². The van der Waals surface area contributed by atoms with Gasteiger partial charge in [0.15, 0.2) is 0 Å². The van der Waals surface area contributed by atoms with E-state index in [9.17, 15) is 4.79 Å². The molecule has 2 N–H and O–H groups in total. The summed E-state index contributed by atoms with van der Waals surface area (Å²) in [4.78, 5) is 12.1. The van der Waals surface area contributed by atoms with Crippen molar-refractivity contribution in [2.45, 2.75) is 33.4 Å². The van der Waals surface area contributed by atoms with Crippen LogP contribution >= 0.6 is 0 Å². The van der Waals surface area contributed by atoms with Crippen molar-refractivity contribution >= 4 is 11.6 Å². The molecule has 1 heterocycles. The predicted molar refractivity (Wildman–Crippen MR) is 86.3 cm³/mol. The number of nitrogens with one attached hydrogen (secondary N) is 2. The number of hydrogen-bond donors (Lipinski definition) is 2. The summed E-state index contributed by atoms with van der Waals surface area (Å²) in [6, 6.07) is 10.1. The average Bonchev–Trinajstić information content (AvgIpc) is 2.90. The third-order valence-corrected chi connectivity index (χ3v) is 3.53. The number of nitrogens with zero attached hydrogens (tertiary/aromatic N) is 1. The Morgan fingerprint density at radius 3 is 2.76 bits per heavy atom. The van der Waals surface area contributed by atoms with Crippen molar-refractivity contribution in [1.29, 1.82) is 0 Å². The molecule has 2 rings (SSSR count). The van der Waals surface area contributed by atoms with Gasteiger partial charge >= 0.3 is 0 Å². The average molecular weight is 285 g/mol. The lowest BCUT2D eigenvalue weighted by Crippen LogP contribution is -2.19. The van der Waals surface area contributed by atoms with Crippen LogP contribution in [0, 0.1) is 6.92 Å². The Morgan fingerprint density at radius 1 is 1.29 bits per heavy atom. The second-order valence-corrected chi connectivity index (χ2v) is 5.26. The van der Waals surface area contributed by atoms with Crippen LogP contribution in [0.1, 0.15) is 31.0 Å². The molecular formula is C17H23N3O. The van der Waals surface area contributed by atoms with Crippen LogP contribution in [0.25, 0.3) is 0 Å². The molecular weight excluding hydrogens is 262 g/mol. The number of anilines is 1. The minimum absolute atomic E-state index is 0.0115. The predicted octanol–water partition coefficient (Wildman–Crippen LogP) is 3.11. The van der Waals surface area contributed by atoms with Gasteiger partial charge in [0.2, 0.25) is 5.91 Å². The fraction of sp³-hybridized carbons (Fsp3) is 0.353. The zero-order valence-corrected chi connectivity index (χ0v) is 12.9. The van der Waals surface area contributed by atoms with E-state index < -0.39 is 0 Å². The zero-order chi connectivity index (χ0) is 15.2. The Bertz CT molecular complexity index is 604. The largest absolute Gasteiger partial charge is 0.345 e. The van der Waals surface area contributed by atoms with Crippen molar-refractivity contribution < 1.29 is 4.79 Å². The maximum atomic E-state index is 12.1. The van der Waals surface area contributed by atoms with Crippen molar-refractivity contribution in [3.8, 4) is 0 Å². The Labute approximate surface area is 126 Å².